The Morgan fingerprint density at radius 2 is 1.79 bits per heavy atom. The maximum atomic E-state index is 13.9. The molecule has 184 valence electrons. The van der Waals surface area contributed by atoms with Crippen LogP contribution in [0.3, 0.4) is 0 Å². The molecule has 3 heterocycles. The van der Waals surface area contributed by atoms with E-state index < -0.39 is 0 Å². The molecule has 1 aromatic heterocycles. The summed E-state index contributed by atoms with van der Waals surface area (Å²) < 4.78 is 15.9. The largest absolute Gasteiger partial charge is 0.342 e. The minimum atomic E-state index is -0.319. The van der Waals surface area contributed by atoms with Gasteiger partial charge in [0.2, 0.25) is 11.8 Å². The number of carbonyl (C=O) groups excluding carboxylic acids is 2. The number of likely N-dealkylation sites (tertiary alicyclic amines) is 2. The zero-order valence-electron chi connectivity index (χ0n) is 20.5. The molecule has 0 aliphatic carbocycles. The van der Waals surface area contributed by atoms with Crippen molar-refractivity contribution in [3.05, 3.63) is 53.1 Å². The number of rotatable bonds is 7. The van der Waals surface area contributed by atoms with Gasteiger partial charge in [0.25, 0.3) is 0 Å². The Kier molecular flexibility index (Phi) is 8.01. The van der Waals surface area contributed by atoms with Crippen LogP contribution in [-0.2, 0) is 22.6 Å². The lowest BCUT2D eigenvalue weighted by Gasteiger charge is -2.44. The van der Waals surface area contributed by atoms with Crippen molar-refractivity contribution in [2.45, 2.75) is 77.8 Å². The highest BCUT2D eigenvalue weighted by Gasteiger charge is 2.35. The van der Waals surface area contributed by atoms with E-state index in [1.165, 1.54) is 6.07 Å². The van der Waals surface area contributed by atoms with Crippen LogP contribution in [0.4, 0.5) is 4.39 Å². The van der Waals surface area contributed by atoms with Crippen LogP contribution >= 0.6 is 0 Å². The highest BCUT2D eigenvalue weighted by Crippen LogP contribution is 2.31. The summed E-state index contributed by atoms with van der Waals surface area (Å²) in [5.74, 6) is 0.353. The predicted molar refractivity (Wildman–Crippen MR) is 130 cm³/mol. The topological polar surface area (TPSA) is 58.4 Å². The van der Waals surface area contributed by atoms with Gasteiger partial charge in [-0.2, -0.15) is 5.10 Å². The van der Waals surface area contributed by atoms with Crippen molar-refractivity contribution in [2.75, 3.05) is 19.6 Å². The normalized spacial score (nSPS) is 19.4. The van der Waals surface area contributed by atoms with E-state index in [1.807, 2.05) is 16.5 Å². The minimum Gasteiger partial charge on any atom is -0.342 e. The van der Waals surface area contributed by atoms with Gasteiger partial charge < -0.3 is 9.80 Å². The van der Waals surface area contributed by atoms with Crippen LogP contribution in [0, 0.1) is 25.6 Å². The molecule has 2 amide bonds. The third-order valence-electron chi connectivity index (χ3n) is 7.47. The molecule has 0 saturated carbocycles. The highest BCUT2D eigenvalue weighted by molar-refractivity contribution is 5.79. The Morgan fingerprint density at radius 3 is 2.50 bits per heavy atom. The van der Waals surface area contributed by atoms with E-state index in [2.05, 4.69) is 23.0 Å². The molecule has 0 unspecified atom stereocenters. The van der Waals surface area contributed by atoms with Crippen LogP contribution in [-0.4, -0.2) is 57.1 Å². The van der Waals surface area contributed by atoms with Crippen molar-refractivity contribution < 1.29 is 14.0 Å². The fourth-order valence-electron chi connectivity index (χ4n) is 5.63. The summed E-state index contributed by atoms with van der Waals surface area (Å²) in [6, 6.07) is 8.84. The molecule has 1 aromatic carbocycles. The van der Waals surface area contributed by atoms with Gasteiger partial charge in [-0.3, -0.25) is 14.3 Å². The summed E-state index contributed by atoms with van der Waals surface area (Å²) in [4.78, 5) is 29.9. The van der Waals surface area contributed by atoms with Gasteiger partial charge in [-0.25, -0.2) is 4.39 Å². The maximum Gasteiger partial charge on any atom is 0.227 e. The number of hydrogen-bond donors (Lipinski definition) is 0. The van der Waals surface area contributed by atoms with Gasteiger partial charge in [0, 0.05) is 44.3 Å². The molecular formula is C27H37FN4O2. The lowest BCUT2D eigenvalue weighted by molar-refractivity contribution is -0.139. The van der Waals surface area contributed by atoms with Crippen molar-refractivity contribution >= 4 is 11.8 Å². The molecule has 0 radical (unpaired) electrons. The number of hydrogen-bond acceptors (Lipinski definition) is 3. The van der Waals surface area contributed by atoms with E-state index in [1.54, 1.807) is 18.2 Å². The summed E-state index contributed by atoms with van der Waals surface area (Å²) in [5, 5.41) is 4.50. The molecule has 1 atom stereocenters. The molecule has 2 aliphatic rings. The summed E-state index contributed by atoms with van der Waals surface area (Å²) in [7, 11) is 0. The SMILES string of the molecule is Cc1cc(C)n(CCCC(=O)N2CCCC[C@H]2C2CCN(C(=O)Cc3ccccc3F)CC2)n1. The number of piperidine rings is 2. The first-order chi connectivity index (χ1) is 16.4. The standard InChI is InChI=1S/C27H37FN4O2/c1-20-18-21(2)32(29-20)15-7-11-26(33)31-14-6-5-10-25(31)22-12-16-30(17-13-22)27(34)19-23-8-3-4-9-24(23)28/h3-4,8-9,18,22,25H,5-7,10-17,19H2,1-2H3/t25-/m0/s1. The highest BCUT2D eigenvalue weighted by atomic mass is 19.1. The van der Waals surface area contributed by atoms with E-state index in [-0.39, 0.29) is 30.1 Å². The van der Waals surface area contributed by atoms with Gasteiger partial charge >= 0.3 is 0 Å². The van der Waals surface area contributed by atoms with E-state index in [9.17, 15) is 14.0 Å². The van der Waals surface area contributed by atoms with E-state index >= 15 is 0 Å². The fourth-order valence-corrected chi connectivity index (χ4v) is 5.63. The minimum absolute atomic E-state index is 0.00993. The second-order valence-corrected chi connectivity index (χ2v) is 9.89. The third kappa shape index (κ3) is 5.86. The first-order valence-corrected chi connectivity index (χ1v) is 12.7. The summed E-state index contributed by atoms with van der Waals surface area (Å²) in [6.45, 7) is 7.03. The predicted octanol–water partition coefficient (Wildman–Crippen LogP) is 4.28. The van der Waals surface area contributed by atoms with Gasteiger partial charge in [0.1, 0.15) is 5.82 Å². The second-order valence-electron chi connectivity index (χ2n) is 9.89. The number of carbonyl (C=O) groups is 2. The molecule has 6 nitrogen and oxygen atoms in total. The lowest BCUT2D eigenvalue weighted by Crippen LogP contribution is -2.51. The van der Waals surface area contributed by atoms with Crippen molar-refractivity contribution in [1.82, 2.24) is 19.6 Å². The molecule has 0 spiro atoms. The molecule has 4 rings (SSSR count). The third-order valence-corrected chi connectivity index (χ3v) is 7.47. The fraction of sp³-hybridized carbons (Fsp3) is 0.593. The van der Waals surface area contributed by atoms with Gasteiger partial charge in [-0.15, -0.1) is 0 Å². The van der Waals surface area contributed by atoms with Crippen molar-refractivity contribution in [3.63, 3.8) is 0 Å². The molecule has 7 heteroatoms. The van der Waals surface area contributed by atoms with Gasteiger partial charge in [-0.05, 0) is 76.0 Å². The quantitative estimate of drug-likeness (QED) is 0.609. The molecular weight excluding hydrogens is 431 g/mol. The molecule has 0 bridgehead atoms. The van der Waals surface area contributed by atoms with Crippen LogP contribution in [0.1, 0.15) is 61.9 Å². The smallest absolute Gasteiger partial charge is 0.227 e. The van der Waals surface area contributed by atoms with Crippen molar-refractivity contribution in [3.8, 4) is 0 Å². The number of nitrogens with zero attached hydrogens (tertiary/aromatic N) is 4. The summed E-state index contributed by atoms with van der Waals surface area (Å²) in [6.07, 6.45) is 6.55. The first kappa shape index (κ1) is 24.4. The number of aryl methyl sites for hydroxylation is 3. The van der Waals surface area contributed by atoms with E-state index in [0.717, 1.165) is 63.0 Å². The Labute approximate surface area is 202 Å². The zero-order chi connectivity index (χ0) is 24.1. The van der Waals surface area contributed by atoms with Crippen LogP contribution < -0.4 is 0 Å². The molecule has 0 N–H and O–H groups in total. The van der Waals surface area contributed by atoms with Crippen LogP contribution in [0.5, 0.6) is 0 Å². The molecule has 2 saturated heterocycles. The molecule has 2 fully saturated rings. The Hall–Kier alpha value is -2.70. The summed E-state index contributed by atoms with van der Waals surface area (Å²) in [5.41, 5.74) is 2.61. The van der Waals surface area contributed by atoms with Gasteiger partial charge in [0.05, 0.1) is 12.1 Å². The Morgan fingerprint density at radius 1 is 1.03 bits per heavy atom. The molecule has 2 aliphatic heterocycles. The maximum absolute atomic E-state index is 13.9. The number of amides is 2. The monoisotopic (exact) mass is 468 g/mol. The molecule has 34 heavy (non-hydrogen) atoms. The van der Waals surface area contributed by atoms with E-state index in [0.29, 0.717) is 31.0 Å². The van der Waals surface area contributed by atoms with Gasteiger partial charge in [-0.1, -0.05) is 18.2 Å². The summed E-state index contributed by atoms with van der Waals surface area (Å²) >= 11 is 0. The van der Waals surface area contributed by atoms with Crippen LogP contribution in [0.15, 0.2) is 30.3 Å². The van der Waals surface area contributed by atoms with Crippen molar-refractivity contribution in [2.24, 2.45) is 5.92 Å². The van der Waals surface area contributed by atoms with Crippen LogP contribution in [0.2, 0.25) is 0 Å². The Bertz CT molecular complexity index is 996. The first-order valence-electron chi connectivity index (χ1n) is 12.7. The average Bonchev–Trinajstić information content (AvgIpc) is 3.17. The van der Waals surface area contributed by atoms with E-state index in [4.69, 9.17) is 0 Å². The number of halogens is 1. The van der Waals surface area contributed by atoms with Crippen molar-refractivity contribution in [1.29, 1.82) is 0 Å². The average molecular weight is 469 g/mol. The zero-order valence-corrected chi connectivity index (χ0v) is 20.5. The lowest BCUT2D eigenvalue weighted by atomic mass is 9.83. The molecule has 2 aromatic rings. The van der Waals surface area contributed by atoms with Crippen LogP contribution in [0.25, 0.3) is 0 Å². The van der Waals surface area contributed by atoms with Gasteiger partial charge in [0.15, 0.2) is 0 Å². The number of aromatic nitrogens is 2. The Balaban J connectivity index is 1.28. The number of benzene rings is 1. The second kappa shape index (κ2) is 11.2.